The number of hydrogen-bond donors (Lipinski definition) is 1. The fourth-order valence-corrected chi connectivity index (χ4v) is 3.53. The third kappa shape index (κ3) is 4.86. The van der Waals surface area contributed by atoms with Crippen LogP contribution in [0.1, 0.15) is 17.2 Å². The number of nitrogens with zero attached hydrogens (tertiary/aromatic N) is 4. The van der Waals surface area contributed by atoms with Crippen LogP contribution in [0.2, 0.25) is 0 Å². The largest absolute Gasteiger partial charge is 0.505 e. The van der Waals surface area contributed by atoms with Crippen LogP contribution >= 0.6 is 0 Å². The van der Waals surface area contributed by atoms with E-state index in [2.05, 4.69) is 20.4 Å². The van der Waals surface area contributed by atoms with E-state index in [0.717, 1.165) is 29.8 Å². The Balaban J connectivity index is 0.000000967. The van der Waals surface area contributed by atoms with E-state index >= 15 is 0 Å². The Kier molecular flexibility index (Phi) is 6.66. The van der Waals surface area contributed by atoms with E-state index < -0.39 is 22.8 Å². The zero-order chi connectivity index (χ0) is 25.8. The number of rotatable bonds is 3. The van der Waals surface area contributed by atoms with E-state index in [1.165, 1.54) is 0 Å². The highest BCUT2D eigenvalue weighted by molar-refractivity contribution is 6.02. The van der Waals surface area contributed by atoms with Crippen LogP contribution in [0.25, 0.3) is 45.6 Å². The van der Waals surface area contributed by atoms with Crippen LogP contribution in [-0.4, -0.2) is 31.7 Å². The molecule has 0 unspecified atom stereocenters. The molecule has 1 N–H and O–H groups in total. The second kappa shape index (κ2) is 10.00. The van der Waals surface area contributed by atoms with Crippen molar-refractivity contribution in [2.75, 3.05) is 0 Å². The Hall–Kier alpha value is -5.15. The van der Waals surface area contributed by atoms with Crippen LogP contribution in [-0.2, 0) is 9.59 Å². The van der Waals surface area contributed by atoms with Crippen LogP contribution in [0.3, 0.4) is 0 Å². The number of aromatic hydroxyl groups is 1. The van der Waals surface area contributed by atoms with Crippen LogP contribution < -0.4 is 5.43 Å². The molecule has 0 radical (unpaired) electrons. The van der Waals surface area contributed by atoms with Gasteiger partial charge in [0.2, 0.25) is 5.43 Å². The van der Waals surface area contributed by atoms with Gasteiger partial charge in [0.15, 0.2) is 29.0 Å². The molecule has 1 aliphatic heterocycles. The minimum atomic E-state index is -0.954. The van der Waals surface area contributed by atoms with Crippen LogP contribution in [0.15, 0.2) is 57.7 Å². The number of phenolic OH excluding ortho intramolecular Hbond substituents is 1. The monoisotopic (exact) mass is 488 g/mol. The molecule has 0 spiro atoms. The molecule has 11 heteroatoms. The maximum absolute atomic E-state index is 14.3. The Morgan fingerprint density at radius 1 is 0.944 bits per heavy atom. The molecule has 1 aliphatic carbocycles. The number of phenols is 1. The van der Waals surface area contributed by atoms with E-state index in [-0.39, 0.29) is 17.5 Å². The van der Waals surface area contributed by atoms with E-state index in [1.807, 2.05) is 6.07 Å². The average molecular weight is 488 g/mol. The number of fused-ring (bicyclic) bond motifs is 2. The molecule has 0 atom stereocenters. The Labute approximate surface area is 200 Å². The molecular weight excluding hydrogens is 474 g/mol. The van der Waals surface area contributed by atoms with Gasteiger partial charge >= 0.3 is 6.15 Å². The Morgan fingerprint density at radius 3 is 2.39 bits per heavy atom. The van der Waals surface area contributed by atoms with E-state index in [4.69, 9.17) is 14.0 Å². The van der Waals surface area contributed by atoms with Gasteiger partial charge in [-0.1, -0.05) is 24.3 Å². The minimum Gasteiger partial charge on any atom is -0.505 e. The summed E-state index contributed by atoms with van der Waals surface area (Å²) < 4.78 is 34.1. The lowest BCUT2D eigenvalue weighted by atomic mass is 9.92. The van der Waals surface area contributed by atoms with Crippen molar-refractivity contribution in [2.45, 2.75) is 6.92 Å². The van der Waals surface area contributed by atoms with Crippen LogP contribution in [0.5, 0.6) is 5.75 Å². The quantitative estimate of drug-likeness (QED) is 0.373. The van der Waals surface area contributed by atoms with Crippen molar-refractivity contribution in [3.8, 4) is 28.2 Å². The van der Waals surface area contributed by atoms with Gasteiger partial charge in [0.25, 0.3) is 0 Å². The fraction of sp³-hybridized carbons (Fsp3) is 0.0400. The van der Waals surface area contributed by atoms with Gasteiger partial charge in [-0.3, -0.25) is 4.79 Å². The third-order valence-corrected chi connectivity index (χ3v) is 5.04. The van der Waals surface area contributed by atoms with Crippen molar-refractivity contribution >= 4 is 29.3 Å². The highest BCUT2D eigenvalue weighted by Crippen LogP contribution is 2.41. The zero-order valence-corrected chi connectivity index (χ0v) is 18.4. The number of halogens is 2. The average Bonchev–Trinajstić information content (AvgIpc) is 2.85. The second-order valence-electron chi connectivity index (χ2n) is 7.40. The Morgan fingerprint density at radius 2 is 1.67 bits per heavy atom. The maximum Gasteiger partial charge on any atom is 0.373 e. The molecule has 0 amide bonds. The SMILES string of the molecule is Cc1nnc(/C=C/c2cccc(-c3c4cc(F)c(=O)cc-4oc4cc(O)c(F)cc34)c2)nn1.O=C=O. The summed E-state index contributed by atoms with van der Waals surface area (Å²) >= 11 is 0. The first-order chi connectivity index (χ1) is 17.3. The molecule has 0 saturated carbocycles. The lowest BCUT2D eigenvalue weighted by Gasteiger charge is -2.16. The van der Waals surface area contributed by atoms with Crippen molar-refractivity contribution in [3.63, 3.8) is 0 Å². The van der Waals surface area contributed by atoms with Gasteiger partial charge in [-0.2, -0.15) is 9.59 Å². The summed E-state index contributed by atoms with van der Waals surface area (Å²) in [5, 5.41) is 25.7. The van der Waals surface area contributed by atoms with Gasteiger partial charge < -0.3 is 9.52 Å². The van der Waals surface area contributed by atoms with Gasteiger partial charge in [-0.25, -0.2) is 8.78 Å². The predicted octanol–water partition coefficient (Wildman–Crippen LogP) is 4.02. The summed E-state index contributed by atoms with van der Waals surface area (Å²) in [6, 6.07) is 11.5. The lowest BCUT2D eigenvalue weighted by Crippen LogP contribution is -2.06. The Bertz CT molecular complexity index is 1680. The van der Waals surface area contributed by atoms with Gasteiger partial charge in [0, 0.05) is 28.6 Å². The number of aromatic nitrogens is 4. The molecule has 178 valence electrons. The van der Waals surface area contributed by atoms with Gasteiger partial charge in [-0.05, 0) is 42.3 Å². The molecule has 2 aromatic carbocycles. The summed E-state index contributed by atoms with van der Waals surface area (Å²) in [4.78, 5) is 28.1. The number of hydrogen-bond acceptors (Lipinski definition) is 9. The van der Waals surface area contributed by atoms with Crippen molar-refractivity contribution in [1.29, 1.82) is 0 Å². The van der Waals surface area contributed by atoms with Crippen molar-refractivity contribution < 1.29 is 27.9 Å². The summed E-state index contributed by atoms with van der Waals surface area (Å²) in [7, 11) is 0. The van der Waals surface area contributed by atoms with Crippen molar-refractivity contribution in [3.05, 3.63) is 87.6 Å². The van der Waals surface area contributed by atoms with Crippen LogP contribution in [0.4, 0.5) is 8.78 Å². The van der Waals surface area contributed by atoms with Crippen molar-refractivity contribution in [2.24, 2.45) is 0 Å². The molecule has 2 heterocycles. The molecule has 1 aromatic heterocycles. The van der Waals surface area contributed by atoms with Crippen molar-refractivity contribution in [1.82, 2.24) is 20.4 Å². The van der Waals surface area contributed by atoms with Gasteiger partial charge in [0.05, 0.1) is 0 Å². The minimum absolute atomic E-state index is 0.112. The molecule has 3 aromatic rings. The zero-order valence-electron chi connectivity index (χ0n) is 18.4. The first-order valence-electron chi connectivity index (χ1n) is 10.2. The summed E-state index contributed by atoms with van der Waals surface area (Å²) in [5.74, 6) is -1.52. The number of aryl methyl sites for hydroxylation is 1. The van der Waals surface area contributed by atoms with Gasteiger partial charge in [0.1, 0.15) is 11.3 Å². The molecule has 9 nitrogen and oxygen atoms in total. The molecule has 36 heavy (non-hydrogen) atoms. The van der Waals surface area contributed by atoms with E-state index in [1.54, 1.807) is 37.3 Å². The molecular formula is C25H14F2N4O5. The van der Waals surface area contributed by atoms with Crippen LogP contribution in [0, 0.1) is 18.6 Å². The summed E-state index contributed by atoms with van der Waals surface area (Å²) in [6.45, 7) is 1.68. The molecule has 2 aliphatic rings. The molecule has 5 rings (SSSR count). The summed E-state index contributed by atoms with van der Waals surface area (Å²) in [5.41, 5.74) is 1.43. The van der Waals surface area contributed by atoms with E-state index in [9.17, 15) is 18.7 Å². The standard InChI is InChI=1S/C24H14F2N4O3.CO2/c1-12-27-29-23(30-28-12)6-5-13-3-2-4-14(7-13)24-15-8-17(25)19(31)10-21(15)33-22-11-20(32)18(26)9-16(22)24;2-1-3/h2-11,31H,1H3;/b6-5+;. The third-order valence-electron chi connectivity index (χ3n) is 5.04. The number of carbonyl (C=O) groups excluding carboxylic acids is 2. The molecule has 0 fully saturated rings. The second-order valence-corrected chi connectivity index (χ2v) is 7.40. The maximum atomic E-state index is 14.3. The fourth-order valence-electron chi connectivity index (χ4n) is 3.53. The highest BCUT2D eigenvalue weighted by Gasteiger charge is 2.21. The number of benzene rings is 3. The van der Waals surface area contributed by atoms with Gasteiger partial charge in [-0.15, -0.1) is 20.4 Å². The summed E-state index contributed by atoms with van der Waals surface area (Å²) in [6.07, 6.45) is 3.63. The predicted molar refractivity (Wildman–Crippen MR) is 122 cm³/mol. The smallest absolute Gasteiger partial charge is 0.373 e. The lowest BCUT2D eigenvalue weighted by molar-refractivity contribution is -0.191. The molecule has 0 saturated heterocycles. The molecule has 0 bridgehead atoms. The normalized spacial score (nSPS) is 10.9. The topological polar surface area (TPSA) is 136 Å². The first kappa shape index (κ1) is 24.0. The first-order valence-corrected chi connectivity index (χ1v) is 10.2. The highest BCUT2D eigenvalue weighted by atomic mass is 19.1. The van der Waals surface area contributed by atoms with E-state index in [0.29, 0.717) is 33.7 Å².